The highest BCUT2D eigenvalue weighted by molar-refractivity contribution is 7.86. The molecular formula is C12H12FNO6S. The third kappa shape index (κ3) is 3.69. The third-order valence-electron chi connectivity index (χ3n) is 3.10. The smallest absolute Gasteiger partial charge is 0.335 e. The summed E-state index contributed by atoms with van der Waals surface area (Å²) < 4.78 is 33.9. The van der Waals surface area contributed by atoms with Crippen LogP contribution in [0, 0.1) is 5.92 Å². The van der Waals surface area contributed by atoms with Gasteiger partial charge in [0, 0.05) is 30.6 Å². The largest absolute Gasteiger partial charge is 0.508 e. The highest BCUT2D eigenvalue weighted by Crippen LogP contribution is 2.29. The first-order valence-electron chi connectivity index (χ1n) is 5.96. The van der Waals surface area contributed by atoms with Crippen molar-refractivity contribution in [2.75, 3.05) is 17.2 Å². The standard InChI is InChI=1S/C12H12FNO6S/c13-21(19,20)6-7-1-11(16)14(5-7)9-2-8(12(17)18)3-10(15)4-9/h2-4,7,15H,1,5-6H2,(H,17,18). The Morgan fingerprint density at radius 1 is 1.38 bits per heavy atom. The summed E-state index contributed by atoms with van der Waals surface area (Å²) in [5, 5.41) is 18.4. The van der Waals surface area contributed by atoms with Crippen molar-refractivity contribution >= 4 is 27.8 Å². The van der Waals surface area contributed by atoms with Gasteiger partial charge in [-0.05, 0) is 12.1 Å². The molecule has 7 nitrogen and oxygen atoms in total. The van der Waals surface area contributed by atoms with Crippen LogP contribution in [0.1, 0.15) is 16.8 Å². The van der Waals surface area contributed by atoms with Crippen molar-refractivity contribution in [3.05, 3.63) is 23.8 Å². The molecule has 21 heavy (non-hydrogen) atoms. The monoisotopic (exact) mass is 317 g/mol. The van der Waals surface area contributed by atoms with Gasteiger partial charge in [0.25, 0.3) is 0 Å². The van der Waals surface area contributed by atoms with Gasteiger partial charge in [0.1, 0.15) is 5.75 Å². The van der Waals surface area contributed by atoms with E-state index in [0.29, 0.717) is 0 Å². The van der Waals surface area contributed by atoms with Crippen LogP contribution in [0.5, 0.6) is 5.75 Å². The second-order valence-electron chi connectivity index (χ2n) is 4.82. The molecule has 1 unspecified atom stereocenters. The Bertz CT molecular complexity index is 702. The molecule has 1 aromatic carbocycles. The Morgan fingerprint density at radius 3 is 2.62 bits per heavy atom. The zero-order valence-corrected chi connectivity index (χ0v) is 11.5. The van der Waals surface area contributed by atoms with Crippen LogP contribution in [0.2, 0.25) is 0 Å². The first-order chi connectivity index (χ1) is 9.65. The molecule has 1 aromatic rings. The number of halogens is 1. The Labute approximate surface area is 119 Å². The van der Waals surface area contributed by atoms with Gasteiger partial charge in [-0.2, -0.15) is 8.42 Å². The van der Waals surface area contributed by atoms with Gasteiger partial charge in [-0.15, -0.1) is 3.89 Å². The Kier molecular flexibility index (Phi) is 3.86. The summed E-state index contributed by atoms with van der Waals surface area (Å²) in [5.41, 5.74) is -0.0736. The van der Waals surface area contributed by atoms with Crippen LogP contribution in [0.3, 0.4) is 0 Å². The lowest BCUT2D eigenvalue weighted by Crippen LogP contribution is -2.25. The van der Waals surface area contributed by atoms with Crippen LogP contribution in [-0.4, -0.2) is 42.8 Å². The number of carbonyl (C=O) groups excluding carboxylic acids is 1. The molecule has 1 heterocycles. The maximum atomic E-state index is 12.7. The molecule has 1 aliphatic rings. The number of anilines is 1. The summed E-state index contributed by atoms with van der Waals surface area (Å²) in [4.78, 5) is 23.9. The van der Waals surface area contributed by atoms with Crippen molar-refractivity contribution in [2.24, 2.45) is 5.92 Å². The number of carboxylic acids is 1. The first kappa shape index (κ1) is 15.2. The number of phenolic OH excluding ortho intramolecular Hbond substituents is 1. The Morgan fingerprint density at radius 2 is 2.05 bits per heavy atom. The SMILES string of the molecule is O=C(O)c1cc(O)cc(N2CC(CS(=O)(=O)F)CC2=O)c1. The fourth-order valence-corrected chi connectivity index (χ4v) is 3.09. The van der Waals surface area contributed by atoms with E-state index in [1.807, 2.05) is 0 Å². The molecule has 2 N–H and O–H groups in total. The van der Waals surface area contributed by atoms with Gasteiger partial charge >= 0.3 is 16.2 Å². The van der Waals surface area contributed by atoms with E-state index in [0.717, 1.165) is 11.0 Å². The van der Waals surface area contributed by atoms with Crippen molar-refractivity contribution in [2.45, 2.75) is 6.42 Å². The maximum absolute atomic E-state index is 12.7. The molecule has 0 bridgehead atoms. The number of phenols is 1. The van der Waals surface area contributed by atoms with E-state index < -0.39 is 33.8 Å². The number of aromatic hydroxyl groups is 1. The summed E-state index contributed by atoms with van der Waals surface area (Å²) in [6.07, 6.45) is -0.152. The minimum atomic E-state index is -4.69. The summed E-state index contributed by atoms with van der Waals surface area (Å²) in [6.45, 7) is -0.0511. The van der Waals surface area contributed by atoms with E-state index in [1.54, 1.807) is 0 Å². The number of carboxylic acid groups (broad SMARTS) is 1. The Hall–Kier alpha value is -2.16. The van der Waals surface area contributed by atoms with E-state index in [9.17, 15) is 27.0 Å². The fraction of sp³-hybridized carbons (Fsp3) is 0.333. The Balaban J connectivity index is 2.27. The van der Waals surface area contributed by atoms with E-state index in [4.69, 9.17) is 5.11 Å². The van der Waals surface area contributed by atoms with Crippen molar-refractivity contribution in [1.29, 1.82) is 0 Å². The number of amides is 1. The molecule has 1 amide bonds. The van der Waals surface area contributed by atoms with Gasteiger partial charge in [0.2, 0.25) is 5.91 Å². The molecule has 0 spiro atoms. The zero-order chi connectivity index (χ0) is 15.8. The van der Waals surface area contributed by atoms with Crippen LogP contribution in [0.15, 0.2) is 18.2 Å². The van der Waals surface area contributed by atoms with E-state index >= 15 is 0 Å². The number of rotatable bonds is 4. The topological polar surface area (TPSA) is 112 Å². The lowest BCUT2D eigenvalue weighted by atomic mass is 10.1. The molecule has 1 fully saturated rings. The molecule has 1 saturated heterocycles. The van der Waals surface area contributed by atoms with E-state index in [1.165, 1.54) is 12.1 Å². The predicted molar refractivity (Wildman–Crippen MR) is 70.4 cm³/mol. The van der Waals surface area contributed by atoms with Crippen LogP contribution in [0.25, 0.3) is 0 Å². The number of aromatic carboxylic acids is 1. The van der Waals surface area contributed by atoms with Crippen molar-refractivity contribution in [3.63, 3.8) is 0 Å². The summed E-state index contributed by atoms with van der Waals surface area (Å²) in [5.74, 6) is -3.53. The van der Waals surface area contributed by atoms with Crippen LogP contribution < -0.4 is 4.90 Å². The van der Waals surface area contributed by atoms with Crippen molar-refractivity contribution in [1.82, 2.24) is 0 Å². The predicted octanol–water partition coefficient (Wildman–Crippen LogP) is 0.743. The third-order valence-corrected chi connectivity index (χ3v) is 3.97. The molecule has 0 aliphatic carbocycles. The van der Waals surface area contributed by atoms with Gasteiger partial charge in [-0.25, -0.2) is 4.79 Å². The van der Waals surface area contributed by atoms with Gasteiger partial charge < -0.3 is 15.1 Å². The molecule has 2 rings (SSSR count). The van der Waals surface area contributed by atoms with E-state index in [-0.39, 0.29) is 30.0 Å². The number of carbonyl (C=O) groups is 2. The van der Waals surface area contributed by atoms with Gasteiger partial charge in [-0.3, -0.25) is 4.79 Å². The summed E-state index contributed by atoms with van der Waals surface area (Å²) in [7, 11) is -4.69. The molecule has 0 saturated carbocycles. The second-order valence-corrected chi connectivity index (χ2v) is 6.23. The molecule has 1 aliphatic heterocycles. The normalized spacial score (nSPS) is 19.0. The number of hydrogen-bond donors (Lipinski definition) is 2. The highest BCUT2D eigenvalue weighted by Gasteiger charge is 2.34. The van der Waals surface area contributed by atoms with Crippen molar-refractivity contribution in [3.8, 4) is 5.75 Å². The minimum absolute atomic E-state index is 0.0511. The second kappa shape index (κ2) is 5.32. The molecule has 1 atom stereocenters. The molecule has 0 radical (unpaired) electrons. The summed E-state index contributed by atoms with van der Waals surface area (Å²) in [6, 6.07) is 3.40. The molecule has 114 valence electrons. The van der Waals surface area contributed by atoms with Gasteiger partial charge in [-0.1, -0.05) is 0 Å². The quantitative estimate of drug-likeness (QED) is 0.792. The lowest BCUT2D eigenvalue weighted by molar-refractivity contribution is -0.117. The average Bonchev–Trinajstić information content (AvgIpc) is 2.66. The van der Waals surface area contributed by atoms with Crippen LogP contribution in [0.4, 0.5) is 9.57 Å². The summed E-state index contributed by atoms with van der Waals surface area (Å²) >= 11 is 0. The minimum Gasteiger partial charge on any atom is -0.508 e. The maximum Gasteiger partial charge on any atom is 0.335 e. The van der Waals surface area contributed by atoms with Crippen LogP contribution >= 0.6 is 0 Å². The first-order valence-corrected chi connectivity index (χ1v) is 7.51. The van der Waals surface area contributed by atoms with Crippen molar-refractivity contribution < 1.29 is 32.1 Å². The van der Waals surface area contributed by atoms with E-state index in [2.05, 4.69) is 0 Å². The number of benzene rings is 1. The number of hydrogen-bond acceptors (Lipinski definition) is 5. The zero-order valence-electron chi connectivity index (χ0n) is 10.7. The van der Waals surface area contributed by atoms with Crippen LogP contribution in [-0.2, 0) is 15.0 Å². The fourth-order valence-electron chi connectivity index (χ4n) is 2.30. The van der Waals surface area contributed by atoms with Gasteiger partial charge in [0.05, 0.1) is 11.3 Å². The molecular weight excluding hydrogens is 305 g/mol. The molecule has 0 aromatic heterocycles. The lowest BCUT2D eigenvalue weighted by Gasteiger charge is -2.17. The number of nitrogens with zero attached hydrogens (tertiary/aromatic N) is 1. The highest BCUT2D eigenvalue weighted by atomic mass is 32.3. The average molecular weight is 317 g/mol. The van der Waals surface area contributed by atoms with Gasteiger partial charge in [0.15, 0.2) is 0 Å². The molecule has 9 heteroatoms.